The molecule has 1 aliphatic heterocycles. The number of carbonyl (C=O) groups excluding carboxylic acids is 1. The second-order valence-electron chi connectivity index (χ2n) is 4.84. The van der Waals surface area contributed by atoms with Gasteiger partial charge in [-0.15, -0.1) is 12.4 Å². The van der Waals surface area contributed by atoms with Crippen molar-refractivity contribution in [3.05, 3.63) is 29.3 Å². The Kier molecular flexibility index (Phi) is 8.47. The van der Waals surface area contributed by atoms with Gasteiger partial charge in [-0.1, -0.05) is 12.1 Å². The van der Waals surface area contributed by atoms with Crippen LogP contribution in [0.3, 0.4) is 0 Å². The number of ether oxygens (including phenoxy) is 3. The smallest absolute Gasteiger partial charge is 0.250 e. The maximum atomic E-state index is 12.1. The van der Waals surface area contributed by atoms with Gasteiger partial charge in [-0.25, -0.2) is 0 Å². The SMILES string of the molecule is COCCNCCNC(=O)C1=Cc2cccc(OC)c2OC1.Cl. The summed E-state index contributed by atoms with van der Waals surface area (Å²) in [5.41, 5.74) is 1.46. The highest BCUT2D eigenvalue weighted by molar-refractivity contribution is 5.99. The van der Waals surface area contributed by atoms with E-state index in [1.54, 1.807) is 14.2 Å². The molecule has 0 spiro atoms. The van der Waals surface area contributed by atoms with Crippen LogP contribution < -0.4 is 20.1 Å². The van der Waals surface area contributed by atoms with Crippen molar-refractivity contribution >= 4 is 24.4 Å². The number of nitrogens with one attached hydrogen (secondary N) is 2. The minimum Gasteiger partial charge on any atom is -0.493 e. The number of benzene rings is 1. The minimum atomic E-state index is -0.109. The molecule has 128 valence electrons. The molecule has 2 N–H and O–H groups in total. The zero-order valence-electron chi connectivity index (χ0n) is 13.4. The second kappa shape index (κ2) is 10.1. The molecule has 0 saturated heterocycles. The van der Waals surface area contributed by atoms with Crippen molar-refractivity contribution in [1.82, 2.24) is 10.6 Å². The first kappa shape index (κ1) is 19.3. The molecule has 0 radical (unpaired) electrons. The highest BCUT2D eigenvalue weighted by Crippen LogP contribution is 2.35. The Morgan fingerprint density at radius 2 is 2.09 bits per heavy atom. The van der Waals surface area contributed by atoms with E-state index in [2.05, 4.69) is 10.6 Å². The molecule has 1 amide bonds. The molecule has 7 heteroatoms. The predicted octanol–water partition coefficient (Wildman–Crippen LogP) is 1.25. The summed E-state index contributed by atoms with van der Waals surface area (Å²) in [5.74, 6) is 1.25. The number of carbonyl (C=O) groups is 1. The van der Waals surface area contributed by atoms with Crippen molar-refractivity contribution < 1.29 is 19.0 Å². The van der Waals surface area contributed by atoms with Crippen LogP contribution in [-0.2, 0) is 9.53 Å². The Bertz CT molecular complexity index is 549. The van der Waals surface area contributed by atoms with Crippen LogP contribution in [0.5, 0.6) is 11.5 Å². The van der Waals surface area contributed by atoms with Gasteiger partial charge in [-0.05, 0) is 12.1 Å². The van der Waals surface area contributed by atoms with Gasteiger partial charge < -0.3 is 24.8 Å². The fourth-order valence-electron chi connectivity index (χ4n) is 2.15. The largest absolute Gasteiger partial charge is 0.493 e. The first-order chi connectivity index (χ1) is 10.8. The van der Waals surface area contributed by atoms with Crippen LogP contribution in [0.15, 0.2) is 23.8 Å². The molecular weight excluding hydrogens is 320 g/mol. The van der Waals surface area contributed by atoms with E-state index < -0.39 is 0 Å². The van der Waals surface area contributed by atoms with Gasteiger partial charge in [0.05, 0.1) is 19.3 Å². The summed E-state index contributed by atoms with van der Waals surface area (Å²) in [4.78, 5) is 12.1. The van der Waals surface area contributed by atoms with E-state index in [1.807, 2.05) is 24.3 Å². The maximum absolute atomic E-state index is 12.1. The molecule has 0 bridgehead atoms. The molecule has 1 aromatic carbocycles. The van der Waals surface area contributed by atoms with E-state index in [-0.39, 0.29) is 24.9 Å². The highest BCUT2D eigenvalue weighted by Gasteiger charge is 2.19. The lowest BCUT2D eigenvalue weighted by Gasteiger charge is -2.19. The van der Waals surface area contributed by atoms with Crippen LogP contribution in [0.25, 0.3) is 6.08 Å². The van der Waals surface area contributed by atoms with E-state index in [1.165, 1.54) is 0 Å². The molecule has 6 nitrogen and oxygen atoms in total. The summed E-state index contributed by atoms with van der Waals surface area (Å²) in [6, 6.07) is 5.61. The summed E-state index contributed by atoms with van der Waals surface area (Å²) in [6.45, 7) is 2.94. The summed E-state index contributed by atoms with van der Waals surface area (Å²) < 4.78 is 15.8. The van der Waals surface area contributed by atoms with Crippen LogP contribution >= 0.6 is 12.4 Å². The predicted molar refractivity (Wildman–Crippen MR) is 91.5 cm³/mol. The fourth-order valence-corrected chi connectivity index (χ4v) is 2.15. The van der Waals surface area contributed by atoms with E-state index in [0.717, 1.165) is 12.1 Å². The minimum absolute atomic E-state index is 0. The van der Waals surface area contributed by atoms with Crippen molar-refractivity contribution in [3.63, 3.8) is 0 Å². The monoisotopic (exact) mass is 342 g/mol. The van der Waals surface area contributed by atoms with Crippen molar-refractivity contribution in [3.8, 4) is 11.5 Å². The van der Waals surface area contributed by atoms with E-state index in [9.17, 15) is 4.79 Å². The molecular formula is C16H23ClN2O4. The third-order valence-corrected chi connectivity index (χ3v) is 3.29. The average Bonchev–Trinajstić information content (AvgIpc) is 2.56. The number of fused-ring (bicyclic) bond motifs is 1. The molecule has 0 aliphatic carbocycles. The van der Waals surface area contributed by atoms with E-state index in [4.69, 9.17) is 14.2 Å². The maximum Gasteiger partial charge on any atom is 0.250 e. The van der Waals surface area contributed by atoms with Crippen LogP contribution in [0.4, 0.5) is 0 Å². The summed E-state index contributed by atoms with van der Waals surface area (Å²) in [6.07, 6.45) is 1.84. The molecule has 0 unspecified atom stereocenters. The van der Waals surface area contributed by atoms with Crippen LogP contribution in [0.1, 0.15) is 5.56 Å². The summed E-state index contributed by atoms with van der Waals surface area (Å²) >= 11 is 0. The number of amides is 1. The standard InChI is InChI=1S/C16H22N2O4.ClH/c1-20-9-8-17-6-7-18-16(19)13-10-12-4-3-5-14(21-2)15(12)22-11-13;/h3-5,10,17H,6-9,11H2,1-2H3,(H,18,19);1H. The molecule has 1 aromatic rings. The van der Waals surface area contributed by atoms with Gasteiger partial charge in [0.2, 0.25) is 0 Å². The number of hydrogen-bond acceptors (Lipinski definition) is 5. The van der Waals surface area contributed by atoms with Gasteiger partial charge in [-0.2, -0.15) is 0 Å². The Morgan fingerprint density at radius 3 is 2.83 bits per heavy atom. The van der Waals surface area contributed by atoms with Crippen molar-refractivity contribution in [1.29, 1.82) is 0 Å². The molecule has 1 aliphatic rings. The summed E-state index contributed by atoms with van der Waals surface area (Å²) in [7, 11) is 3.26. The third kappa shape index (κ3) is 5.42. The normalized spacial score (nSPS) is 12.3. The number of halogens is 1. The third-order valence-electron chi connectivity index (χ3n) is 3.29. The average molecular weight is 343 g/mol. The molecule has 2 rings (SSSR count). The topological polar surface area (TPSA) is 68.8 Å². The lowest BCUT2D eigenvalue weighted by atomic mass is 10.1. The lowest BCUT2D eigenvalue weighted by Crippen LogP contribution is -2.35. The second-order valence-corrected chi connectivity index (χ2v) is 4.84. The molecule has 0 fully saturated rings. The Balaban J connectivity index is 0.00000264. The van der Waals surface area contributed by atoms with Crippen LogP contribution in [0, 0.1) is 0 Å². The Hall–Kier alpha value is -1.76. The van der Waals surface area contributed by atoms with Crippen molar-refractivity contribution in [2.75, 3.05) is 47.1 Å². The molecule has 0 aromatic heterocycles. The molecule has 0 saturated carbocycles. The van der Waals surface area contributed by atoms with Gasteiger partial charge in [0.15, 0.2) is 11.5 Å². The van der Waals surface area contributed by atoms with Gasteiger partial charge in [0.25, 0.3) is 5.91 Å². The molecule has 0 atom stereocenters. The Morgan fingerprint density at radius 1 is 1.26 bits per heavy atom. The highest BCUT2D eigenvalue weighted by atomic mass is 35.5. The first-order valence-corrected chi connectivity index (χ1v) is 7.24. The Labute approximate surface area is 142 Å². The fraction of sp³-hybridized carbons (Fsp3) is 0.438. The first-order valence-electron chi connectivity index (χ1n) is 7.24. The number of hydrogen-bond donors (Lipinski definition) is 2. The van der Waals surface area contributed by atoms with Crippen molar-refractivity contribution in [2.24, 2.45) is 0 Å². The van der Waals surface area contributed by atoms with Gasteiger partial charge in [-0.3, -0.25) is 4.79 Å². The van der Waals surface area contributed by atoms with Crippen LogP contribution in [0.2, 0.25) is 0 Å². The van der Waals surface area contributed by atoms with Gasteiger partial charge >= 0.3 is 0 Å². The zero-order valence-corrected chi connectivity index (χ0v) is 14.2. The van der Waals surface area contributed by atoms with Gasteiger partial charge in [0, 0.05) is 32.3 Å². The van der Waals surface area contributed by atoms with E-state index in [0.29, 0.717) is 36.8 Å². The van der Waals surface area contributed by atoms with Crippen LogP contribution in [-0.4, -0.2) is 53.0 Å². The summed E-state index contributed by atoms with van der Waals surface area (Å²) in [5, 5.41) is 6.04. The van der Waals surface area contributed by atoms with E-state index >= 15 is 0 Å². The number of methoxy groups -OCH3 is 2. The quantitative estimate of drug-likeness (QED) is 0.696. The van der Waals surface area contributed by atoms with Gasteiger partial charge in [0.1, 0.15) is 6.61 Å². The number of para-hydroxylation sites is 1. The zero-order chi connectivity index (χ0) is 15.8. The lowest BCUT2D eigenvalue weighted by molar-refractivity contribution is -0.117. The van der Waals surface area contributed by atoms with Crippen molar-refractivity contribution in [2.45, 2.75) is 0 Å². The number of rotatable bonds is 8. The molecule has 23 heavy (non-hydrogen) atoms. The molecule has 1 heterocycles.